The van der Waals surface area contributed by atoms with E-state index < -0.39 is 6.29 Å². The molecule has 0 amide bonds. The monoisotopic (exact) mass is 671 g/mol. The molecule has 9 heteroatoms. The molecule has 33 heavy (non-hydrogen) atoms. The zero-order valence-electron chi connectivity index (χ0n) is 17.7. The maximum atomic E-state index is 13.0. The SMILES string of the molecule is O=C(CCCc1ccc(=O)n(CC(O)OI)c1)c1cccc2c1cnn2C1C=CC(I)=CC1. The molecule has 172 valence electrons. The lowest BCUT2D eigenvalue weighted by molar-refractivity contribution is 0.00330. The first-order chi connectivity index (χ1) is 16.0. The molecule has 0 saturated heterocycles. The summed E-state index contributed by atoms with van der Waals surface area (Å²) in [6.45, 7) is 0.0612. The third-order valence-corrected chi connectivity index (χ3v) is 7.04. The second kappa shape index (κ2) is 11.1. The quantitative estimate of drug-likeness (QED) is 0.199. The van der Waals surface area contributed by atoms with E-state index in [9.17, 15) is 14.7 Å². The number of Topliss-reactive ketones (excluding diaryl/α,β-unsaturated/α-hetero) is 1. The van der Waals surface area contributed by atoms with E-state index in [2.05, 4.69) is 45.9 Å². The van der Waals surface area contributed by atoms with E-state index in [-0.39, 0.29) is 23.9 Å². The minimum absolute atomic E-state index is 0.0612. The van der Waals surface area contributed by atoms with Crippen LogP contribution in [0.5, 0.6) is 0 Å². The number of aliphatic hydroxyl groups excluding tert-OH is 1. The Balaban J connectivity index is 1.43. The van der Waals surface area contributed by atoms with E-state index >= 15 is 0 Å². The third-order valence-electron chi connectivity index (χ3n) is 5.66. The van der Waals surface area contributed by atoms with Gasteiger partial charge < -0.3 is 9.67 Å². The Labute approximate surface area is 219 Å². The number of allylic oxidation sites excluding steroid dienone is 4. The fraction of sp³-hybridized carbons (Fsp3) is 0.292. The number of pyridine rings is 1. The van der Waals surface area contributed by atoms with Crippen molar-refractivity contribution in [1.29, 1.82) is 0 Å². The Morgan fingerprint density at radius 2 is 2.15 bits per heavy atom. The van der Waals surface area contributed by atoms with Gasteiger partial charge in [0.05, 0.1) is 24.3 Å². The highest BCUT2D eigenvalue weighted by Gasteiger charge is 2.17. The normalized spacial score (nSPS) is 16.7. The van der Waals surface area contributed by atoms with Crippen LogP contribution >= 0.6 is 45.6 Å². The van der Waals surface area contributed by atoms with Gasteiger partial charge in [-0.15, -0.1) is 0 Å². The number of nitrogens with zero attached hydrogens (tertiary/aromatic N) is 3. The Morgan fingerprint density at radius 3 is 2.91 bits per heavy atom. The van der Waals surface area contributed by atoms with Crippen LogP contribution in [-0.2, 0) is 16.0 Å². The van der Waals surface area contributed by atoms with Gasteiger partial charge in [0.15, 0.2) is 12.1 Å². The molecule has 0 radical (unpaired) electrons. The van der Waals surface area contributed by atoms with Gasteiger partial charge in [-0.05, 0) is 53.5 Å². The van der Waals surface area contributed by atoms with Crippen molar-refractivity contribution in [3.63, 3.8) is 0 Å². The number of aromatic nitrogens is 3. The molecule has 2 unspecified atom stereocenters. The van der Waals surface area contributed by atoms with E-state index in [0.717, 1.165) is 22.9 Å². The Hall–Kier alpha value is -1.83. The summed E-state index contributed by atoms with van der Waals surface area (Å²) in [5.41, 5.74) is 2.38. The number of aryl methyl sites for hydroxylation is 1. The third kappa shape index (κ3) is 5.81. The molecular weight excluding hydrogens is 648 g/mol. The Kier molecular flexibility index (Phi) is 8.15. The van der Waals surface area contributed by atoms with Gasteiger partial charge in [-0.25, -0.2) is 0 Å². The summed E-state index contributed by atoms with van der Waals surface area (Å²) >= 11 is 3.91. The van der Waals surface area contributed by atoms with E-state index in [1.807, 2.05) is 22.9 Å². The fourth-order valence-electron chi connectivity index (χ4n) is 4.00. The van der Waals surface area contributed by atoms with Crippen LogP contribution in [0.3, 0.4) is 0 Å². The molecule has 2 heterocycles. The van der Waals surface area contributed by atoms with Gasteiger partial charge in [-0.1, -0.05) is 36.4 Å². The molecule has 0 fully saturated rings. The van der Waals surface area contributed by atoms with Crippen molar-refractivity contribution in [3.8, 4) is 0 Å². The molecule has 4 rings (SSSR count). The summed E-state index contributed by atoms with van der Waals surface area (Å²) in [6, 6.07) is 9.17. The average molecular weight is 671 g/mol. The van der Waals surface area contributed by atoms with Crippen LogP contribution in [0.25, 0.3) is 10.9 Å². The maximum Gasteiger partial charge on any atom is 0.250 e. The topological polar surface area (TPSA) is 86.3 Å². The molecule has 1 aliphatic carbocycles. The molecule has 2 atom stereocenters. The maximum absolute atomic E-state index is 13.0. The highest BCUT2D eigenvalue weighted by Crippen LogP contribution is 2.29. The number of carbonyl (C=O) groups excluding carboxylic acids is 1. The molecule has 1 aliphatic rings. The summed E-state index contributed by atoms with van der Waals surface area (Å²) in [6.07, 6.45) is 11.5. The average Bonchev–Trinajstić information content (AvgIpc) is 3.25. The number of ketones is 1. The van der Waals surface area contributed by atoms with Crippen LogP contribution in [0.2, 0.25) is 0 Å². The summed E-state index contributed by atoms with van der Waals surface area (Å²) < 4.78 is 9.43. The fourth-order valence-corrected chi connectivity index (χ4v) is 4.62. The van der Waals surface area contributed by atoms with Crippen LogP contribution < -0.4 is 5.56 Å². The van der Waals surface area contributed by atoms with Crippen molar-refractivity contribution in [1.82, 2.24) is 14.3 Å². The minimum atomic E-state index is -1.05. The molecule has 2 aromatic heterocycles. The second-order valence-corrected chi connectivity index (χ2v) is 9.68. The molecule has 0 saturated carbocycles. The van der Waals surface area contributed by atoms with Crippen molar-refractivity contribution in [2.45, 2.75) is 44.6 Å². The highest BCUT2D eigenvalue weighted by atomic mass is 127. The molecular formula is C24H23I2N3O4. The lowest BCUT2D eigenvalue weighted by atomic mass is 10.0. The molecule has 0 aliphatic heterocycles. The first-order valence-corrected chi connectivity index (χ1v) is 12.6. The summed E-state index contributed by atoms with van der Waals surface area (Å²) in [4.78, 5) is 25.0. The van der Waals surface area contributed by atoms with Crippen LogP contribution in [0.1, 0.15) is 41.2 Å². The number of aliphatic hydroxyl groups is 1. The standard InChI is InChI=1S/C24H23I2N3O4/c25-17-8-10-18(11-9-17)29-21-5-2-4-19(20(21)13-27-29)22(30)6-1-3-16-7-12-23(31)28(14-16)15-24(32)33-26/h2,4-5,7-10,12-14,18,24,32H,1,3,6,11,15H2. The summed E-state index contributed by atoms with van der Waals surface area (Å²) in [5.74, 6) is 0.0795. The summed E-state index contributed by atoms with van der Waals surface area (Å²) in [7, 11) is 0. The molecule has 0 spiro atoms. The van der Waals surface area contributed by atoms with Crippen LogP contribution in [-0.4, -0.2) is 31.5 Å². The molecule has 3 aromatic rings. The predicted molar refractivity (Wildman–Crippen MR) is 144 cm³/mol. The number of hydrogen-bond acceptors (Lipinski definition) is 5. The molecule has 0 bridgehead atoms. The smallest absolute Gasteiger partial charge is 0.250 e. The van der Waals surface area contributed by atoms with Gasteiger partial charge in [0.25, 0.3) is 5.56 Å². The molecule has 1 N–H and O–H groups in total. The van der Waals surface area contributed by atoms with Crippen molar-refractivity contribution in [2.75, 3.05) is 0 Å². The van der Waals surface area contributed by atoms with Crippen molar-refractivity contribution >= 4 is 62.3 Å². The van der Waals surface area contributed by atoms with Gasteiger partial charge in [-0.3, -0.25) is 17.3 Å². The van der Waals surface area contributed by atoms with Crippen molar-refractivity contribution < 1.29 is 13.0 Å². The van der Waals surface area contributed by atoms with Crippen LogP contribution in [0.4, 0.5) is 0 Å². The highest BCUT2D eigenvalue weighted by molar-refractivity contribution is 14.1. The van der Waals surface area contributed by atoms with E-state index in [1.54, 1.807) is 41.5 Å². The first kappa shape index (κ1) is 24.3. The first-order valence-electron chi connectivity index (χ1n) is 10.6. The van der Waals surface area contributed by atoms with Gasteiger partial charge >= 0.3 is 0 Å². The number of carbonyl (C=O) groups is 1. The van der Waals surface area contributed by atoms with Crippen molar-refractivity contribution in [3.05, 3.63) is 86.0 Å². The van der Waals surface area contributed by atoms with Gasteiger partial charge in [0, 0.05) is 33.2 Å². The van der Waals surface area contributed by atoms with Crippen LogP contribution in [0.15, 0.2) is 69.3 Å². The zero-order valence-corrected chi connectivity index (χ0v) is 22.0. The largest absolute Gasteiger partial charge is 0.366 e. The van der Waals surface area contributed by atoms with Crippen LogP contribution in [0, 0.1) is 0 Å². The van der Waals surface area contributed by atoms with Crippen molar-refractivity contribution in [2.24, 2.45) is 0 Å². The summed E-state index contributed by atoms with van der Waals surface area (Å²) in [5, 5.41) is 15.1. The number of fused-ring (bicyclic) bond motifs is 1. The number of benzene rings is 1. The number of halogens is 2. The number of hydrogen-bond donors (Lipinski definition) is 1. The van der Waals surface area contributed by atoms with Gasteiger partial charge in [0.1, 0.15) is 23.0 Å². The van der Waals surface area contributed by atoms with E-state index in [4.69, 9.17) is 3.07 Å². The lowest BCUT2D eigenvalue weighted by Gasteiger charge is -2.16. The van der Waals surface area contributed by atoms with E-state index in [0.29, 0.717) is 24.8 Å². The van der Waals surface area contributed by atoms with E-state index in [1.165, 1.54) is 14.2 Å². The zero-order chi connectivity index (χ0) is 23.4. The van der Waals surface area contributed by atoms with Gasteiger partial charge in [0.2, 0.25) is 0 Å². The molecule has 1 aromatic carbocycles. The number of rotatable bonds is 9. The van der Waals surface area contributed by atoms with Gasteiger partial charge in [-0.2, -0.15) is 5.10 Å². The molecule has 7 nitrogen and oxygen atoms in total. The Morgan fingerprint density at radius 1 is 1.30 bits per heavy atom. The minimum Gasteiger partial charge on any atom is -0.366 e. The Bertz CT molecular complexity index is 1280. The second-order valence-electron chi connectivity index (χ2n) is 7.93. The predicted octanol–water partition coefficient (Wildman–Crippen LogP) is 4.91. The lowest BCUT2D eigenvalue weighted by Crippen LogP contribution is -2.26.